The van der Waals surface area contributed by atoms with Crippen LogP contribution in [0.15, 0.2) is 90.0 Å². The van der Waals surface area contributed by atoms with E-state index < -0.39 is 52.3 Å². The van der Waals surface area contributed by atoms with Crippen LogP contribution in [-0.4, -0.2) is 65.8 Å². The lowest BCUT2D eigenvalue weighted by molar-refractivity contribution is -0.118. The highest BCUT2D eigenvalue weighted by Gasteiger charge is 2.53. The zero-order valence-corrected chi connectivity index (χ0v) is 36.3. The van der Waals surface area contributed by atoms with E-state index in [0.29, 0.717) is 0 Å². The van der Waals surface area contributed by atoms with Gasteiger partial charge in [0.15, 0.2) is 25.7 Å². The lowest BCUT2D eigenvalue weighted by Gasteiger charge is -2.41. The summed E-state index contributed by atoms with van der Waals surface area (Å²) in [6.07, 6.45) is -2.30. The monoisotopic (exact) mass is 815 g/mol. The molecule has 5 atom stereocenters. The first-order valence-electron chi connectivity index (χ1n) is 19.1. The molecule has 5 aromatic rings. The van der Waals surface area contributed by atoms with Crippen LogP contribution in [0.25, 0.3) is 11.2 Å². The number of hydrogen-bond donors (Lipinski definition) is 2. The molecule has 3 aromatic carbocycles. The highest BCUT2D eigenvalue weighted by Crippen LogP contribution is 2.47. The molecule has 57 heavy (non-hydrogen) atoms. The average molecular weight is 816 g/mol. The number of benzene rings is 3. The van der Waals surface area contributed by atoms with Gasteiger partial charge in [0.25, 0.3) is 5.56 Å². The fourth-order valence-corrected chi connectivity index (χ4v) is 8.54. The van der Waals surface area contributed by atoms with E-state index in [9.17, 15) is 14.2 Å². The lowest BCUT2D eigenvalue weighted by Crippen LogP contribution is -2.50. The number of anilines is 1. The molecule has 304 valence electrons. The minimum atomic E-state index is -3.07. The van der Waals surface area contributed by atoms with E-state index in [4.69, 9.17) is 22.9 Å². The van der Waals surface area contributed by atoms with Crippen LogP contribution in [0.2, 0.25) is 18.1 Å². The van der Waals surface area contributed by atoms with Gasteiger partial charge in [-0.2, -0.15) is 4.98 Å². The summed E-state index contributed by atoms with van der Waals surface area (Å²) in [5.74, 6) is -0.744. The van der Waals surface area contributed by atoms with E-state index in [1.807, 2.05) is 32.0 Å². The number of aryl methyl sites for hydroxylation is 2. The third kappa shape index (κ3) is 8.78. The van der Waals surface area contributed by atoms with Crippen molar-refractivity contribution >= 4 is 39.6 Å². The Hall–Kier alpha value is -4.27. The number of imidazole rings is 1. The third-order valence-corrected chi connectivity index (χ3v) is 16.2. The maximum Gasteiger partial charge on any atom is 0.319 e. The Morgan fingerprint density at radius 2 is 1.53 bits per heavy atom. The molecule has 1 aliphatic rings. The number of aromatic nitrogens is 4. The fourth-order valence-electron chi connectivity index (χ4n) is 6.65. The summed E-state index contributed by atoms with van der Waals surface area (Å²) < 4.78 is 47.7. The van der Waals surface area contributed by atoms with Crippen molar-refractivity contribution in [2.45, 2.75) is 96.7 Å². The minimum Gasteiger partial charge on any atom is -0.408 e. The van der Waals surface area contributed by atoms with E-state index in [1.54, 1.807) is 18.4 Å². The molecule has 2 aromatic heterocycles. The highest BCUT2D eigenvalue weighted by molar-refractivity contribution is 7.33. The van der Waals surface area contributed by atoms with Crippen LogP contribution >= 0.6 is 8.25 Å². The smallest absolute Gasteiger partial charge is 0.319 e. The van der Waals surface area contributed by atoms with Gasteiger partial charge in [-0.15, -0.1) is 0 Å². The number of fused-ring (bicyclic) bond motifs is 1. The molecule has 2 N–H and O–H groups in total. The summed E-state index contributed by atoms with van der Waals surface area (Å²) in [4.78, 5) is 37.5. The summed E-state index contributed by atoms with van der Waals surface area (Å²) in [7, 11) is -4.36. The summed E-state index contributed by atoms with van der Waals surface area (Å²) >= 11 is 0. The summed E-state index contributed by atoms with van der Waals surface area (Å²) in [5, 5.41) is 2.44. The van der Waals surface area contributed by atoms with E-state index in [2.05, 4.69) is 115 Å². The quantitative estimate of drug-likeness (QED) is 0.0639. The van der Waals surface area contributed by atoms with Gasteiger partial charge in [0.05, 0.1) is 12.9 Å². The lowest BCUT2D eigenvalue weighted by atomic mass is 9.79. The molecular weight excluding hydrogens is 762 g/mol. The van der Waals surface area contributed by atoms with Gasteiger partial charge in [0, 0.05) is 13.0 Å². The summed E-state index contributed by atoms with van der Waals surface area (Å²) in [6, 6.07) is 26.7. The molecular formula is C42H54N5O8PSi. The Bertz CT molecular complexity index is 2210. The van der Waals surface area contributed by atoms with Gasteiger partial charge in [0.2, 0.25) is 11.9 Å². The van der Waals surface area contributed by atoms with Crippen molar-refractivity contribution in [1.82, 2.24) is 19.5 Å². The second kappa shape index (κ2) is 16.9. The zero-order valence-electron chi connectivity index (χ0n) is 34.3. The maximum atomic E-state index is 13.3. The Kier molecular flexibility index (Phi) is 12.6. The van der Waals surface area contributed by atoms with Crippen molar-refractivity contribution < 1.29 is 32.3 Å². The first kappa shape index (κ1) is 42.3. The molecule has 0 aliphatic carbocycles. The molecule has 0 bridgehead atoms. The standard InChI is InChI=1S/C42H54N5O8PSi/c1-26(2)37(48)45-40-44-36-33(38(49)46-40)43-25-47(36)39-35(54-56(50)51-8)34(55-57(9,10)41(5,6)7)32(53-39)24-52-42(29-14-12-11-13-15-29,30-20-16-27(3)17-21-30)31-22-18-28(4)19-23-31/h11-23,25-26,32,34-35,39,56H,24H2,1-10H3,(H2,44,45,46,48,49)/t32-,34+,35?,39-/m1/s1. The maximum absolute atomic E-state index is 13.3. The van der Waals surface area contributed by atoms with E-state index >= 15 is 0 Å². The van der Waals surface area contributed by atoms with Crippen molar-refractivity contribution in [2.75, 3.05) is 19.0 Å². The van der Waals surface area contributed by atoms with E-state index in [1.165, 1.54) is 13.4 Å². The van der Waals surface area contributed by atoms with Crippen molar-refractivity contribution in [2.24, 2.45) is 5.92 Å². The van der Waals surface area contributed by atoms with Crippen LogP contribution in [0.1, 0.15) is 68.7 Å². The average Bonchev–Trinajstić information content (AvgIpc) is 3.73. The van der Waals surface area contributed by atoms with Gasteiger partial charge >= 0.3 is 8.25 Å². The van der Waals surface area contributed by atoms with Crippen molar-refractivity contribution in [3.05, 3.63) is 123 Å². The molecule has 2 unspecified atom stereocenters. The molecule has 1 amide bonds. The number of amides is 1. The number of hydrogen-bond acceptors (Lipinski definition) is 10. The first-order valence-corrected chi connectivity index (χ1v) is 23.3. The number of ether oxygens (including phenoxy) is 2. The topological polar surface area (TPSA) is 156 Å². The van der Waals surface area contributed by atoms with Crippen molar-refractivity contribution in [3.63, 3.8) is 0 Å². The van der Waals surface area contributed by atoms with Crippen LogP contribution in [0.5, 0.6) is 0 Å². The molecule has 0 saturated carbocycles. The molecule has 3 heterocycles. The van der Waals surface area contributed by atoms with Gasteiger partial charge in [-0.3, -0.25) is 33.5 Å². The Labute approximate surface area is 335 Å². The molecule has 13 nitrogen and oxygen atoms in total. The summed E-state index contributed by atoms with van der Waals surface area (Å²) in [5.41, 5.74) is 3.44. The third-order valence-electron chi connectivity index (χ3n) is 11.0. The number of carbonyl (C=O) groups excluding carboxylic acids is 1. The number of carbonyl (C=O) groups is 1. The molecule has 1 saturated heterocycles. The number of nitrogens with zero attached hydrogens (tertiary/aromatic N) is 3. The molecule has 1 aliphatic heterocycles. The molecule has 0 spiro atoms. The van der Waals surface area contributed by atoms with Crippen LogP contribution < -0.4 is 10.9 Å². The second-order valence-electron chi connectivity index (χ2n) is 16.4. The largest absolute Gasteiger partial charge is 0.408 e. The van der Waals surface area contributed by atoms with Gasteiger partial charge in [-0.25, -0.2) is 4.98 Å². The zero-order chi connectivity index (χ0) is 41.3. The molecule has 1 fully saturated rings. The normalized spacial score (nSPS) is 19.6. The SMILES string of the molecule is CO[PH](=O)OC1[C@@H](O[Si](C)(C)C(C)(C)C)[C@@H](COC(c2ccccc2)(c2ccc(C)cc2)c2ccc(C)cc2)O[C@H]1n1cnc2c(=O)[nH]c(NC(=O)C(C)C)nc21. The van der Waals surface area contributed by atoms with Crippen LogP contribution in [-0.2, 0) is 37.9 Å². The summed E-state index contributed by atoms with van der Waals surface area (Å²) in [6.45, 7) is 18.2. The second-order valence-corrected chi connectivity index (χ2v) is 22.3. The predicted molar refractivity (Wildman–Crippen MR) is 223 cm³/mol. The van der Waals surface area contributed by atoms with Gasteiger partial charge in [-0.05, 0) is 48.7 Å². The predicted octanol–water partition coefficient (Wildman–Crippen LogP) is 8.05. The first-order chi connectivity index (χ1) is 26.9. The molecule has 6 rings (SSSR count). The number of nitrogens with one attached hydrogen (secondary N) is 2. The van der Waals surface area contributed by atoms with Crippen LogP contribution in [0.4, 0.5) is 5.95 Å². The number of rotatable bonds is 14. The minimum absolute atomic E-state index is 0.00343. The van der Waals surface area contributed by atoms with E-state index in [-0.39, 0.29) is 40.6 Å². The van der Waals surface area contributed by atoms with E-state index in [0.717, 1.165) is 27.8 Å². The van der Waals surface area contributed by atoms with Gasteiger partial charge in [0.1, 0.15) is 23.9 Å². The molecule has 0 radical (unpaired) electrons. The fraction of sp³-hybridized carbons (Fsp3) is 0.429. The Balaban J connectivity index is 1.51. The van der Waals surface area contributed by atoms with Crippen LogP contribution in [0, 0.1) is 19.8 Å². The van der Waals surface area contributed by atoms with Crippen molar-refractivity contribution in [3.8, 4) is 0 Å². The van der Waals surface area contributed by atoms with Gasteiger partial charge in [-0.1, -0.05) is 125 Å². The van der Waals surface area contributed by atoms with Gasteiger partial charge < -0.3 is 18.4 Å². The molecule has 15 heteroatoms. The van der Waals surface area contributed by atoms with Crippen molar-refractivity contribution in [1.29, 1.82) is 0 Å². The van der Waals surface area contributed by atoms with Crippen LogP contribution in [0.3, 0.4) is 0 Å². The number of aromatic amines is 1. The number of H-pyrrole nitrogens is 1. The highest BCUT2D eigenvalue weighted by atomic mass is 31.1. The Morgan fingerprint density at radius 1 is 0.947 bits per heavy atom. The Morgan fingerprint density at radius 3 is 2.07 bits per heavy atom.